The standard InChI is InChI=1S/C11H19ClN2O/c1-9(14(4)7-6-13-3)8-11(15-5)10(2)12/h8,13H,1-2,6-7H2,3-5H3/b11-8+. The minimum atomic E-state index is 0.376. The maximum absolute atomic E-state index is 5.74. The van der Waals surface area contributed by atoms with Gasteiger partial charge in [0.05, 0.1) is 12.1 Å². The summed E-state index contributed by atoms with van der Waals surface area (Å²) in [5, 5.41) is 3.44. The number of ether oxygens (including phenoxy) is 1. The van der Waals surface area contributed by atoms with Crippen molar-refractivity contribution >= 4 is 11.6 Å². The number of hydrogen-bond acceptors (Lipinski definition) is 3. The first-order chi connectivity index (χ1) is 7.02. The molecule has 0 rings (SSSR count). The summed E-state index contributed by atoms with van der Waals surface area (Å²) in [5.74, 6) is 0.540. The molecule has 0 aromatic carbocycles. The van der Waals surface area contributed by atoms with E-state index in [2.05, 4.69) is 18.5 Å². The molecule has 0 aliphatic carbocycles. The van der Waals surface area contributed by atoms with E-state index in [1.165, 1.54) is 0 Å². The van der Waals surface area contributed by atoms with Crippen LogP contribution in [0.25, 0.3) is 0 Å². The molecule has 0 spiro atoms. The Morgan fingerprint density at radius 3 is 2.53 bits per heavy atom. The van der Waals surface area contributed by atoms with Crippen molar-refractivity contribution in [1.29, 1.82) is 0 Å². The van der Waals surface area contributed by atoms with Gasteiger partial charge in [0.25, 0.3) is 0 Å². The fourth-order valence-electron chi connectivity index (χ4n) is 0.933. The summed E-state index contributed by atoms with van der Waals surface area (Å²) >= 11 is 5.74. The van der Waals surface area contributed by atoms with Gasteiger partial charge in [-0.2, -0.15) is 0 Å². The average molecular weight is 231 g/mol. The molecule has 15 heavy (non-hydrogen) atoms. The van der Waals surface area contributed by atoms with Gasteiger partial charge >= 0.3 is 0 Å². The van der Waals surface area contributed by atoms with Gasteiger partial charge in [0.1, 0.15) is 5.76 Å². The summed E-state index contributed by atoms with van der Waals surface area (Å²) in [6.45, 7) is 9.29. The molecule has 86 valence electrons. The summed E-state index contributed by atoms with van der Waals surface area (Å²) in [6.07, 6.45) is 1.77. The Labute approximate surface area is 97.0 Å². The molecule has 0 saturated heterocycles. The predicted octanol–water partition coefficient (Wildman–Crippen LogP) is 1.93. The minimum Gasteiger partial charge on any atom is -0.495 e. The van der Waals surface area contributed by atoms with Crippen LogP contribution in [0.4, 0.5) is 0 Å². The molecule has 0 aliphatic heterocycles. The smallest absolute Gasteiger partial charge is 0.138 e. The van der Waals surface area contributed by atoms with Crippen LogP contribution in [0.15, 0.2) is 35.7 Å². The zero-order valence-electron chi connectivity index (χ0n) is 9.64. The van der Waals surface area contributed by atoms with Crippen LogP contribution >= 0.6 is 11.6 Å². The quantitative estimate of drug-likeness (QED) is 0.534. The fourth-order valence-corrected chi connectivity index (χ4v) is 1.06. The van der Waals surface area contributed by atoms with E-state index in [9.17, 15) is 0 Å². The Hall–Kier alpha value is -0.930. The Morgan fingerprint density at radius 2 is 2.13 bits per heavy atom. The summed E-state index contributed by atoms with van der Waals surface area (Å²) < 4.78 is 5.06. The lowest BCUT2D eigenvalue weighted by Gasteiger charge is -2.19. The first kappa shape index (κ1) is 14.1. The van der Waals surface area contributed by atoms with E-state index in [0.717, 1.165) is 18.8 Å². The zero-order chi connectivity index (χ0) is 11.8. The van der Waals surface area contributed by atoms with Crippen LogP contribution in [-0.4, -0.2) is 39.2 Å². The monoisotopic (exact) mass is 230 g/mol. The second kappa shape index (κ2) is 7.37. The number of nitrogens with zero attached hydrogens (tertiary/aromatic N) is 1. The van der Waals surface area contributed by atoms with Crippen LogP contribution < -0.4 is 5.32 Å². The van der Waals surface area contributed by atoms with Crippen LogP contribution in [0.1, 0.15) is 0 Å². The van der Waals surface area contributed by atoms with Gasteiger partial charge in [0, 0.05) is 31.9 Å². The lowest BCUT2D eigenvalue weighted by Crippen LogP contribution is -2.26. The van der Waals surface area contributed by atoms with Crippen LogP contribution in [0.2, 0.25) is 0 Å². The molecular weight excluding hydrogens is 212 g/mol. The first-order valence-electron chi connectivity index (χ1n) is 4.68. The molecule has 4 heteroatoms. The lowest BCUT2D eigenvalue weighted by molar-refractivity contribution is 0.302. The molecule has 0 bridgehead atoms. The van der Waals surface area contributed by atoms with Gasteiger partial charge in [0.2, 0.25) is 0 Å². The Kier molecular flexibility index (Phi) is 6.92. The van der Waals surface area contributed by atoms with Gasteiger partial charge in [-0.25, -0.2) is 0 Å². The van der Waals surface area contributed by atoms with Crippen molar-refractivity contribution in [2.75, 3.05) is 34.3 Å². The van der Waals surface area contributed by atoms with Gasteiger partial charge in [-0.3, -0.25) is 0 Å². The molecule has 0 aliphatic rings. The molecule has 0 saturated carbocycles. The lowest BCUT2D eigenvalue weighted by atomic mass is 10.3. The van der Waals surface area contributed by atoms with Crippen molar-refractivity contribution in [3.05, 3.63) is 35.7 Å². The molecule has 1 N–H and O–H groups in total. The van der Waals surface area contributed by atoms with Gasteiger partial charge in [0.15, 0.2) is 0 Å². The van der Waals surface area contributed by atoms with E-state index in [-0.39, 0.29) is 0 Å². The van der Waals surface area contributed by atoms with Crippen LogP contribution in [0.5, 0.6) is 0 Å². The third-order valence-electron chi connectivity index (χ3n) is 1.97. The van der Waals surface area contributed by atoms with Crippen LogP contribution in [-0.2, 0) is 4.74 Å². The van der Waals surface area contributed by atoms with Crippen LogP contribution in [0, 0.1) is 0 Å². The largest absolute Gasteiger partial charge is 0.495 e. The van der Waals surface area contributed by atoms with Gasteiger partial charge < -0.3 is 15.0 Å². The topological polar surface area (TPSA) is 24.5 Å². The number of likely N-dealkylation sites (N-methyl/N-ethyl adjacent to an activating group) is 2. The SMILES string of the molecule is C=C(Cl)/C(=C\C(=C)N(C)CCNC)OC. The highest BCUT2D eigenvalue weighted by atomic mass is 35.5. The third-order valence-corrected chi connectivity index (χ3v) is 2.16. The summed E-state index contributed by atoms with van der Waals surface area (Å²) in [7, 11) is 5.42. The number of methoxy groups -OCH3 is 1. The highest BCUT2D eigenvalue weighted by Gasteiger charge is 2.03. The van der Waals surface area contributed by atoms with E-state index in [1.807, 2.05) is 19.0 Å². The molecule has 3 nitrogen and oxygen atoms in total. The molecule has 0 amide bonds. The molecule has 0 aromatic rings. The second-order valence-corrected chi connectivity index (χ2v) is 3.59. The van der Waals surface area contributed by atoms with Gasteiger partial charge in [-0.05, 0) is 7.05 Å². The fraction of sp³-hybridized carbons (Fsp3) is 0.455. The van der Waals surface area contributed by atoms with E-state index in [1.54, 1.807) is 13.2 Å². The minimum absolute atomic E-state index is 0.376. The molecule has 0 atom stereocenters. The average Bonchev–Trinajstić information content (AvgIpc) is 2.21. The number of hydrogen-bond donors (Lipinski definition) is 1. The summed E-state index contributed by atoms with van der Waals surface area (Å²) in [5.41, 5.74) is 0.837. The maximum atomic E-state index is 5.74. The van der Waals surface area contributed by atoms with Crippen molar-refractivity contribution in [3.8, 4) is 0 Å². The van der Waals surface area contributed by atoms with E-state index in [4.69, 9.17) is 16.3 Å². The second-order valence-electron chi connectivity index (χ2n) is 3.13. The van der Waals surface area contributed by atoms with E-state index < -0.39 is 0 Å². The van der Waals surface area contributed by atoms with Crippen molar-refractivity contribution in [2.45, 2.75) is 0 Å². The molecule has 0 fully saturated rings. The van der Waals surface area contributed by atoms with Gasteiger partial charge in [-0.15, -0.1) is 0 Å². The van der Waals surface area contributed by atoms with Crippen molar-refractivity contribution in [2.24, 2.45) is 0 Å². The third kappa shape index (κ3) is 5.50. The molecule has 0 radical (unpaired) electrons. The van der Waals surface area contributed by atoms with E-state index in [0.29, 0.717) is 10.8 Å². The molecule has 0 unspecified atom stereocenters. The Balaban J connectivity index is 4.37. The number of allylic oxidation sites excluding steroid dienone is 2. The van der Waals surface area contributed by atoms with Crippen molar-refractivity contribution in [3.63, 3.8) is 0 Å². The predicted molar refractivity (Wildman–Crippen MR) is 65.8 cm³/mol. The highest BCUT2D eigenvalue weighted by molar-refractivity contribution is 6.31. The van der Waals surface area contributed by atoms with Gasteiger partial charge in [-0.1, -0.05) is 24.8 Å². The first-order valence-corrected chi connectivity index (χ1v) is 5.05. The number of halogens is 1. The number of rotatable bonds is 7. The molecular formula is C11H19ClN2O. The molecule has 0 aromatic heterocycles. The van der Waals surface area contributed by atoms with Crippen molar-refractivity contribution in [1.82, 2.24) is 10.2 Å². The summed E-state index contributed by atoms with van der Waals surface area (Å²) in [6, 6.07) is 0. The normalized spacial score (nSPS) is 11.1. The zero-order valence-corrected chi connectivity index (χ0v) is 10.4. The highest BCUT2D eigenvalue weighted by Crippen LogP contribution is 2.15. The Morgan fingerprint density at radius 1 is 1.53 bits per heavy atom. The van der Waals surface area contributed by atoms with E-state index >= 15 is 0 Å². The Bertz CT molecular complexity index is 261. The maximum Gasteiger partial charge on any atom is 0.138 e. The summed E-state index contributed by atoms with van der Waals surface area (Å²) in [4.78, 5) is 2.01. The molecule has 0 heterocycles. The van der Waals surface area contributed by atoms with Crippen molar-refractivity contribution < 1.29 is 4.74 Å². The number of nitrogens with one attached hydrogen (secondary N) is 1. The van der Waals surface area contributed by atoms with Crippen LogP contribution in [0.3, 0.4) is 0 Å².